The van der Waals surface area contributed by atoms with Gasteiger partial charge in [0.2, 0.25) is 0 Å². The molecule has 0 saturated carbocycles. The Morgan fingerprint density at radius 1 is 1.83 bits per heavy atom. The Kier molecular flexibility index (Phi) is 4.01. The normalized spacial score (nSPS) is 12.4. The lowest BCUT2D eigenvalue weighted by molar-refractivity contribution is 0.575. The van der Waals surface area contributed by atoms with Gasteiger partial charge in [-0.15, -0.1) is 23.7 Å². The number of halogens is 1. The number of hydrogen-bond donors (Lipinski definition) is 2. The van der Waals surface area contributed by atoms with Gasteiger partial charge < -0.3 is 0 Å². The largest absolute Gasteiger partial charge is 0.271 e. The molecule has 0 aliphatic rings. The van der Waals surface area contributed by atoms with Gasteiger partial charge in [0.25, 0.3) is 0 Å². The molecule has 12 heavy (non-hydrogen) atoms. The number of hydrogen-bond acceptors (Lipinski definition) is 3. The smallest absolute Gasteiger partial charge is 0.0672 e. The van der Waals surface area contributed by atoms with Crippen LogP contribution in [0.3, 0.4) is 0 Å². The van der Waals surface area contributed by atoms with Crippen LogP contribution in [0.25, 0.3) is 0 Å². The maximum absolute atomic E-state index is 5.38. The van der Waals surface area contributed by atoms with Crippen LogP contribution in [0, 0.1) is 15.9 Å². The van der Waals surface area contributed by atoms with Crippen LogP contribution in [0.15, 0.2) is 11.4 Å². The van der Waals surface area contributed by atoms with E-state index in [0.717, 1.165) is 0 Å². The number of rotatable bonds is 3. The first kappa shape index (κ1) is 9.99. The molecule has 1 unspecified atom stereocenters. The standard InChI is InChI=1S/C8H9IN2S/c1-2-3-7(11-10)8-6(9)4-5-12-8/h1,4-5,7,11H,3,10H2. The van der Waals surface area contributed by atoms with Crippen molar-refractivity contribution in [3.63, 3.8) is 0 Å². The topological polar surface area (TPSA) is 38.0 Å². The SMILES string of the molecule is C#CCC(NN)c1sccc1I. The molecule has 1 heterocycles. The second-order valence-electron chi connectivity index (χ2n) is 2.26. The van der Waals surface area contributed by atoms with E-state index in [4.69, 9.17) is 12.3 Å². The number of nitrogens with two attached hydrogens (primary N) is 1. The molecule has 1 aromatic rings. The summed E-state index contributed by atoms with van der Waals surface area (Å²) in [7, 11) is 0. The Morgan fingerprint density at radius 3 is 3.00 bits per heavy atom. The first-order valence-electron chi connectivity index (χ1n) is 3.42. The Morgan fingerprint density at radius 2 is 2.58 bits per heavy atom. The molecule has 0 amide bonds. The molecule has 1 atom stereocenters. The summed E-state index contributed by atoms with van der Waals surface area (Å²) in [6, 6.07) is 2.16. The minimum absolute atomic E-state index is 0.0990. The second-order valence-corrected chi connectivity index (χ2v) is 4.37. The van der Waals surface area contributed by atoms with Crippen LogP contribution in [-0.2, 0) is 0 Å². The zero-order valence-corrected chi connectivity index (χ0v) is 9.35. The highest BCUT2D eigenvalue weighted by molar-refractivity contribution is 14.1. The zero-order valence-electron chi connectivity index (χ0n) is 6.38. The summed E-state index contributed by atoms with van der Waals surface area (Å²) in [6.45, 7) is 0. The third-order valence-electron chi connectivity index (χ3n) is 1.48. The van der Waals surface area contributed by atoms with E-state index >= 15 is 0 Å². The van der Waals surface area contributed by atoms with Crippen molar-refractivity contribution in [3.8, 4) is 12.3 Å². The van der Waals surface area contributed by atoms with Crippen LogP contribution < -0.4 is 11.3 Å². The van der Waals surface area contributed by atoms with Crippen molar-refractivity contribution in [2.45, 2.75) is 12.5 Å². The molecule has 4 heteroatoms. The average molecular weight is 292 g/mol. The lowest BCUT2D eigenvalue weighted by Crippen LogP contribution is -2.27. The van der Waals surface area contributed by atoms with Crippen LogP contribution in [0.5, 0.6) is 0 Å². The molecule has 3 N–H and O–H groups in total. The summed E-state index contributed by atoms with van der Waals surface area (Å²) in [4.78, 5) is 1.22. The van der Waals surface area contributed by atoms with Crippen molar-refractivity contribution in [3.05, 3.63) is 19.9 Å². The highest BCUT2D eigenvalue weighted by atomic mass is 127. The molecule has 64 valence electrons. The van der Waals surface area contributed by atoms with Crippen LogP contribution in [0.2, 0.25) is 0 Å². The lowest BCUT2D eigenvalue weighted by Gasteiger charge is -2.10. The molecular formula is C8H9IN2S. The molecule has 2 nitrogen and oxygen atoms in total. The summed E-state index contributed by atoms with van der Waals surface area (Å²) in [5.74, 6) is 7.97. The van der Waals surface area contributed by atoms with Crippen molar-refractivity contribution in [2.75, 3.05) is 0 Å². The van der Waals surface area contributed by atoms with Gasteiger partial charge in [-0.3, -0.25) is 11.3 Å². The van der Waals surface area contributed by atoms with E-state index in [1.807, 2.05) is 5.38 Å². The maximum Gasteiger partial charge on any atom is 0.0672 e. The predicted octanol–water partition coefficient (Wildman–Crippen LogP) is 1.88. The van der Waals surface area contributed by atoms with E-state index in [0.29, 0.717) is 6.42 Å². The van der Waals surface area contributed by atoms with E-state index in [2.05, 4.69) is 40.0 Å². The van der Waals surface area contributed by atoms with Gasteiger partial charge in [-0.25, -0.2) is 0 Å². The van der Waals surface area contributed by atoms with Crippen LogP contribution >= 0.6 is 33.9 Å². The molecule has 1 rings (SSSR count). The molecule has 0 spiro atoms. The lowest BCUT2D eigenvalue weighted by atomic mass is 10.2. The summed E-state index contributed by atoms with van der Waals surface area (Å²) < 4.78 is 1.22. The fourth-order valence-corrected chi connectivity index (χ4v) is 2.93. The number of nitrogens with one attached hydrogen (secondary N) is 1. The first-order chi connectivity index (χ1) is 5.79. The van der Waals surface area contributed by atoms with Gasteiger partial charge in [0.15, 0.2) is 0 Å². The quantitative estimate of drug-likeness (QED) is 0.386. The summed E-state index contributed by atoms with van der Waals surface area (Å²) >= 11 is 3.96. The van der Waals surface area contributed by atoms with Crippen molar-refractivity contribution in [1.29, 1.82) is 0 Å². The van der Waals surface area contributed by atoms with E-state index in [1.165, 1.54) is 8.45 Å². The molecule has 0 aromatic carbocycles. The van der Waals surface area contributed by atoms with E-state index in [1.54, 1.807) is 11.3 Å². The fourth-order valence-electron chi connectivity index (χ4n) is 0.899. The average Bonchev–Trinajstić information content (AvgIpc) is 2.47. The van der Waals surface area contributed by atoms with E-state index < -0.39 is 0 Å². The summed E-state index contributed by atoms with van der Waals surface area (Å²) in [5, 5.41) is 2.04. The van der Waals surface area contributed by atoms with Crippen molar-refractivity contribution in [1.82, 2.24) is 5.43 Å². The maximum atomic E-state index is 5.38. The van der Waals surface area contributed by atoms with Crippen molar-refractivity contribution >= 4 is 33.9 Å². The summed E-state index contributed by atoms with van der Waals surface area (Å²) in [6.07, 6.45) is 5.85. The Labute approximate surface area is 89.7 Å². The van der Waals surface area contributed by atoms with Crippen LogP contribution in [-0.4, -0.2) is 0 Å². The molecule has 0 fully saturated rings. The van der Waals surface area contributed by atoms with Gasteiger partial charge in [-0.1, -0.05) is 0 Å². The third-order valence-corrected chi connectivity index (χ3v) is 3.82. The molecule has 0 radical (unpaired) electrons. The molecule has 0 bridgehead atoms. The molecule has 0 saturated heterocycles. The second kappa shape index (κ2) is 4.82. The van der Waals surface area contributed by atoms with Gasteiger partial charge in [0, 0.05) is 14.9 Å². The van der Waals surface area contributed by atoms with E-state index in [9.17, 15) is 0 Å². The minimum Gasteiger partial charge on any atom is -0.271 e. The Bertz CT molecular complexity index is 289. The van der Waals surface area contributed by atoms with Crippen LogP contribution in [0.4, 0.5) is 0 Å². The fraction of sp³-hybridized carbons (Fsp3) is 0.250. The van der Waals surface area contributed by atoms with Gasteiger partial charge in [-0.05, 0) is 34.0 Å². The monoisotopic (exact) mass is 292 g/mol. The number of terminal acetylenes is 1. The van der Waals surface area contributed by atoms with E-state index in [-0.39, 0.29) is 6.04 Å². The van der Waals surface area contributed by atoms with Crippen LogP contribution in [0.1, 0.15) is 17.3 Å². The third kappa shape index (κ3) is 2.20. The number of hydrazine groups is 1. The van der Waals surface area contributed by atoms with Gasteiger partial charge in [0.1, 0.15) is 0 Å². The Hall–Kier alpha value is -0.0900. The van der Waals surface area contributed by atoms with Gasteiger partial charge in [0.05, 0.1) is 6.04 Å². The Balaban J connectivity index is 2.81. The van der Waals surface area contributed by atoms with Gasteiger partial charge in [-0.2, -0.15) is 0 Å². The predicted molar refractivity (Wildman–Crippen MR) is 60.6 cm³/mol. The minimum atomic E-state index is 0.0990. The van der Waals surface area contributed by atoms with Crippen molar-refractivity contribution in [2.24, 2.45) is 5.84 Å². The molecule has 0 aliphatic heterocycles. The number of thiophene rings is 1. The summed E-state index contributed by atoms with van der Waals surface area (Å²) in [5.41, 5.74) is 2.71. The highest BCUT2D eigenvalue weighted by Gasteiger charge is 2.12. The molecule has 1 aromatic heterocycles. The molecular weight excluding hydrogens is 283 g/mol. The zero-order chi connectivity index (χ0) is 8.97. The van der Waals surface area contributed by atoms with Gasteiger partial charge >= 0.3 is 0 Å². The van der Waals surface area contributed by atoms with Crippen molar-refractivity contribution < 1.29 is 0 Å². The first-order valence-corrected chi connectivity index (χ1v) is 5.38. The molecule has 0 aliphatic carbocycles. The highest BCUT2D eigenvalue weighted by Crippen LogP contribution is 2.26.